The van der Waals surface area contributed by atoms with Gasteiger partial charge in [-0.2, -0.15) is 0 Å². The van der Waals surface area contributed by atoms with Gasteiger partial charge in [0.15, 0.2) is 6.10 Å². The minimum atomic E-state index is -1.01. The van der Waals surface area contributed by atoms with Crippen LogP contribution in [0, 0.1) is 5.92 Å². The molecule has 1 aliphatic carbocycles. The molecule has 2 aromatic rings. The number of fused-ring (bicyclic) bond motifs is 3. The topological polar surface area (TPSA) is 114 Å². The molecule has 0 unspecified atom stereocenters. The van der Waals surface area contributed by atoms with Gasteiger partial charge in [-0.25, -0.2) is 9.59 Å². The number of nitrogens with one attached hydrogen (secondary N) is 2. The van der Waals surface area contributed by atoms with E-state index in [2.05, 4.69) is 34.9 Å². The molecular weight excluding hydrogens is 436 g/mol. The summed E-state index contributed by atoms with van der Waals surface area (Å²) in [6, 6.07) is 15.9. The van der Waals surface area contributed by atoms with Crippen LogP contribution in [0.4, 0.5) is 4.79 Å². The van der Waals surface area contributed by atoms with E-state index in [4.69, 9.17) is 9.47 Å². The molecule has 3 atom stereocenters. The minimum absolute atomic E-state index is 0.0302. The first-order valence-electron chi connectivity index (χ1n) is 11.7. The van der Waals surface area contributed by atoms with Crippen molar-refractivity contribution in [3.8, 4) is 11.1 Å². The summed E-state index contributed by atoms with van der Waals surface area (Å²) in [5, 5.41) is 14.7. The predicted octanol–water partition coefficient (Wildman–Crippen LogP) is 3.30. The molecule has 0 bridgehead atoms. The smallest absolute Gasteiger partial charge is 0.407 e. The molecule has 8 nitrogen and oxygen atoms in total. The Morgan fingerprint density at radius 3 is 2.35 bits per heavy atom. The van der Waals surface area contributed by atoms with Gasteiger partial charge in [0.05, 0.1) is 0 Å². The third-order valence-corrected chi connectivity index (χ3v) is 6.61. The lowest BCUT2D eigenvalue weighted by Gasteiger charge is -2.20. The summed E-state index contributed by atoms with van der Waals surface area (Å²) < 4.78 is 10.8. The van der Waals surface area contributed by atoms with Gasteiger partial charge in [-0.05, 0) is 35.1 Å². The van der Waals surface area contributed by atoms with Gasteiger partial charge in [-0.15, -0.1) is 0 Å². The summed E-state index contributed by atoms with van der Waals surface area (Å²) in [6.45, 7) is 2.70. The molecule has 8 heteroatoms. The van der Waals surface area contributed by atoms with Crippen molar-refractivity contribution >= 4 is 18.0 Å². The fraction of sp³-hybridized carbons (Fsp3) is 0.423. The van der Waals surface area contributed by atoms with Gasteiger partial charge in [0.1, 0.15) is 6.61 Å². The third kappa shape index (κ3) is 5.22. The van der Waals surface area contributed by atoms with E-state index >= 15 is 0 Å². The number of alkyl carbamates (subject to hydrolysis) is 1. The molecule has 1 saturated heterocycles. The second-order valence-electron chi connectivity index (χ2n) is 8.76. The number of carboxylic acids is 1. The molecule has 180 valence electrons. The number of hydrogen-bond donors (Lipinski definition) is 3. The van der Waals surface area contributed by atoms with Gasteiger partial charge in [-0.3, -0.25) is 4.79 Å². The van der Waals surface area contributed by atoms with E-state index in [0.29, 0.717) is 19.4 Å². The van der Waals surface area contributed by atoms with E-state index < -0.39 is 18.2 Å². The Kier molecular flexibility index (Phi) is 7.47. The van der Waals surface area contributed by atoms with Crippen LogP contribution in [0.2, 0.25) is 0 Å². The van der Waals surface area contributed by atoms with Gasteiger partial charge in [0.2, 0.25) is 5.91 Å². The zero-order chi connectivity index (χ0) is 24.1. The Morgan fingerprint density at radius 1 is 1.09 bits per heavy atom. The van der Waals surface area contributed by atoms with E-state index in [1.165, 1.54) is 0 Å². The van der Waals surface area contributed by atoms with Gasteiger partial charge in [0, 0.05) is 37.5 Å². The van der Waals surface area contributed by atoms with Crippen molar-refractivity contribution in [1.82, 2.24) is 10.6 Å². The molecule has 2 aromatic carbocycles. The van der Waals surface area contributed by atoms with Crippen LogP contribution in [0.1, 0.15) is 43.2 Å². The summed E-state index contributed by atoms with van der Waals surface area (Å²) in [5.41, 5.74) is 4.60. The van der Waals surface area contributed by atoms with Gasteiger partial charge < -0.3 is 25.2 Å². The number of carbonyl (C=O) groups is 3. The van der Waals surface area contributed by atoms with Crippen LogP contribution in [0.25, 0.3) is 11.1 Å². The van der Waals surface area contributed by atoms with E-state index in [-0.39, 0.29) is 43.4 Å². The zero-order valence-electron chi connectivity index (χ0n) is 19.2. The molecule has 1 heterocycles. The molecule has 2 aliphatic rings. The van der Waals surface area contributed by atoms with Crippen LogP contribution in [0.15, 0.2) is 48.5 Å². The first-order valence-corrected chi connectivity index (χ1v) is 11.7. The standard InChI is InChI=1S/C26H30N2O6/c1-2-17(13-23(29)27-14-16-11-12-33-24(16)25(30)31)28-26(32)34-15-22-20-9-5-3-7-18(20)19-8-4-6-10-21(19)22/h3-10,16-17,22,24H,2,11-15H2,1H3,(H,27,29)(H,28,32)(H,30,31)/t16-,17+,24-/m0/s1. The van der Waals surface area contributed by atoms with Gasteiger partial charge in [0.25, 0.3) is 0 Å². The fourth-order valence-electron chi connectivity index (χ4n) is 4.76. The fourth-order valence-corrected chi connectivity index (χ4v) is 4.76. The average molecular weight is 467 g/mol. The predicted molar refractivity (Wildman–Crippen MR) is 125 cm³/mol. The van der Waals surface area contributed by atoms with Crippen molar-refractivity contribution in [3.63, 3.8) is 0 Å². The van der Waals surface area contributed by atoms with E-state index in [1.807, 2.05) is 31.2 Å². The van der Waals surface area contributed by atoms with Crippen molar-refractivity contribution in [1.29, 1.82) is 0 Å². The Bertz CT molecular complexity index is 1010. The number of hydrogen-bond acceptors (Lipinski definition) is 5. The lowest BCUT2D eigenvalue weighted by molar-refractivity contribution is -0.149. The Balaban J connectivity index is 1.27. The van der Waals surface area contributed by atoms with Crippen LogP contribution < -0.4 is 10.6 Å². The summed E-state index contributed by atoms with van der Waals surface area (Å²) >= 11 is 0. The molecule has 0 spiro atoms. The lowest BCUT2D eigenvalue weighted by atomic mass is 9.98. The van der Waals surface area contributed by atoms with Crippen molar-refractivity contribution in [2.75, 3.05) is 19.8 Å². The molecule has 0 saturated carbocycles. The summed E-state index contributed by atoms with van der Waals surface area (Å²) in [4.78, 5) is 36.1. The highest BCUT2D eigenvalue weighted by Crippen LogP contribution is 2.44. The first kappa shape index (κ1) is 23.8. The number of carboxylic acid groups (broad SMARTS) is 1. The molecule has 1 aliphatic heterocycles. The Labute approximate surface area is 198 Å². The highest BCUT2D eigenvalue weighted by molar-refractivity contribution is 5.80. The van der Waals surface area contributed by atoms with Crippen molar-refractivity contribution in [2.45, 2.75) is 44.2 Å². The molecule has 2 amide bonds. The number of aliphatic carboxylic acids is 1. The molecule has 4 rings (SSSR count). The van der Waals surface area contributed by atoms with E-state index in [0.717, 1.165) is 22.3 Å². The highest BCUT2D eigenvalue weighted by atomic mass is 16.5. The summed E-state index contributed by atoms with van der Waals surface area (Å²) in [5.74, 6) is -1.55. The third-order valence-electron chi connectivity index (χ3n) is 6.61. The number of benzene rings is 2. The van der Waals surface area contributed by atoms with Crippen LogP contribution >= 0.6 is 0 Å². The van der Waals surface area contributed by atoms with Gasteiger partial charge in [-0.1, -0.05) is 55.5 Å². The molecule has 0 aromatic heterocycles. The highest BCUT2D eigenvalue weighted by Gasteiger charge is 2.34. The minimum Gasteiger partial charge on any atom is -0.479 e. The van der Waals surface area contributed by atoms with Crippen LogP contribution in [0.5, 0.6) is 0 Å². The largest absolute Gasteiger partial charge is 0.479 e. The maximum atomic E-state index is 12.5. The number of rotatable bonds is 9. The Hall–Kier alpha value is -3.39. The second kappa shape index (κ2) is 10.7. The van der Waals surface area contributed by atoms with Crippen LogP contribution in [-0.2, 0) is 19.1 Å². The zero-order valence-corrected chi connectivity index (χ0v) is 19.2. The SMILES string of the molecule is CC[C@H](CC(=O)NC[C@@H]1CCO[C@@H]1C(=O)O)NC(=O)OCC1c2ccccc2-c2ccccc21. The number of carbonyl (C=O) groups excluding carboxylic acids is 2. The monoisotopic (exact) mass is 466 g/mol. The van der Waals surface area contributed by atoms with E-state index in [1.54, 1.807) is 0 Å². The van der Waals surface area contributed by atoms with Crippen molar-refractivity contribution < 1.29 is 29.0 Å². The molecule has 0 radical (unpaired) electrons. The molecule has 1 fully saturated rings. The van der Waals surface area contributed by atoms with Crippen LogP contribution in [-0.4, -0.2) is 55.0 Å². The first-order chi connectivity index (χ1) is 16.5. The number of ether oxygens (including phenoxy) is 2. The molecular formula is C26H30N2O6. The molecule has 34 heavy (non-hydrogen) atoms. The maximum absolute atomic E-state index is 12.5. The quantitative estimate of drug-likeness (QED) is 0.523. The van der Waals surface area contributed by atoms with E-state index in [9.17, 15) is 19.5 Å². The Morgan fingerprint density at radius 2 is 1.74 bits per heavy atom. The maximum Gasteiger partial charge on any atom is 0.407 e. The van der Waals surface area contributed by atoms with Crippen molar-refractivity contribution in [3.05, 3.63) is 59.7 Å². The summed E-state index contributed by atoms with van der Waals surface area (Å²) in [7, 11) is 0. The second-order valence-corrected chi connectivity index (χ2v) is 8.76. The average Bonchev–Trinajstić information content (AvgIpc) is 3.44. The summed E-state index contributed by atoms with van der Waals surface area (Å²) in [6.07, 6.45) is -0.210. The normalized spacial score (nSPS) is 19.7. The molecule has 3 N–H and O–H groups in total. The number of amides is 2. The lowest BCUT2D eigenvalue weighted by Crippen LogP contribution is -2.41. The van der Waals surface area contributed by atoms with Crippen LogP contribution in [0.3, 0.4) is 0 Å². The van der Waals surface area contributed by atoms with Gasteiger partial charge >= 0.3 is 12.1 Å². The van der Waals surface area contributed by atoms with Crippen molar-refractivity contribution in [2.24, 2.45) is 5.92 Å².